The molecule has 6 nitrogen and oxygen atoms in total. The fraction of sp³-hybridized carbons (Fsp3) is 1.00. The molecule has 90 valence electrons. The summed E-state index contributed by atoms with van der Waals surface area (Å²) in [6, 6.07) is 0. The zero-order valence-corrected chi connectivity index (χ0v) is 8.76. The van der Waals surface area contributed by atoms with Crippen LogP contribution in [0.25, 0.3) is 0 Å². The first-order valence-electron chi connectivity index (χ1n) is 5.13. The molecular formula is C9H19NO5. The van der Waals surface area contributed by atoms with Crippen LogP contribution in [0.5, 0.6) is 0 Å². The van der Waals surface area contributed by atoms with Crippen molar-refractivity contribution in [3.05, 3.63) is 0 Å². The van der Waals surface area contributed by atoms with Gasteiger partial charge in [0.1, 0.15) is 18.3 Å². The third-order valence-corrected chi connectivity index (χ3v) is 2.52. The van der Waals surface area contributed by atoms with Crippen LogP contribution in [0.4, 0.5) is 0 Å². The van der Waals surface area contributed by atoms with E-state index in [9.17, 15) is 15.3 Å². The molecule has 4 atom stereocenters. The monoisotopic (exact) mass is 221 g/mol. The molecule has 0 aromatic heterocycles. The fourth-order valence-corrected chi connectivity index (χ4v) is 1.59. The molecule has 0 unspecified atom stereocenters. The Hall–Kier alpha value is -0.240. The summed E-state index contributed by atoms with van der Waals surface area (Å²) in [5.41, 5.74) is 0. The minimum Gasteiger partial charge on any atom is -0.391 e. The molecule has 0 saturated carbocycles. The number of aliphatic hydroxyl groups excluding tert-OH is 3. The van der Waals surface area contributed by atoms with Crippen molar-refractivity contribution in [2.24, 2.45) is 0 Å². The van der Waals surface area contributed by atoms with Crippen molar-refractivity contribution in [1.82, 2.24) is 5.32 Å². The lowest BCUT2D eigenvalue weighted by atomic mass is 10.1. The quantitative estimate of drug-likeness (QED) is 0.337. The van der Waals surface area contributed by atoms with Crippen molar-refractivity contribution in [1.29, 1.82) is 0 Å². The summed E-state index contributed by atoms with van der Waals surface area (Å²) in [7, 11) is 0. The van der Waals surface area contributed by atoms with E-state index >= 15 is 0 Å². The first-order chi connectivity index (χ1) is 7.05. The van der Waals surface area contributed by atoms with E-state index in [4.69, 9.17) is 9.84 Å². The van der Waals surface area contributed by atoms with Crippen LogP contribution in [-0.2, 0) is 4.74 Å². The number of rotatable bonds is 5. The van der Waals surface area contributed by atoms with E-state index in [1.54, 1.807) is 0 Å². The van der Waals surface area contributed by atoms with Gasteiger partial charge in [-0.15, -0.1) is 0 Å². The lowest BCUT2D eigenvalue weighted by molar-refractivity contribution is -0.245. The van der Waals surface area contributed by atoms with E-state index in [-0.39, 0.29) is 0 Å². The SMILES string of the molecule is CCCNC[C@H]1O[C@@](O)(CO)[C@H](O)[C@H]1O. The van der Waals surface area contributed by atoms with E-state index in [1.165, 1.54) is 0 Å². The summed E-state index contributed by atoms with van der Waals surface area (Å²) < 4.78 is 5.01. The summed E-state index contributed by atoms with van der Waals surface area (Å²) in [4.78, 5) is 0. The molecule has 1 heterocycles. The lowest BCUT2D eigenvalue weighted by Crippen LogP contribution is -2.46. The first kappa shape index (κ1) is 12.8. The Bertz CT molecular complexity index is 203. The Morgan fingerprint density at radius 1 is 1.40 bits per heavy atom. The second-order valence-electron chi connectivity index (χ2n) is 3.80. The van der Waals surface area contributed by atoms with Gasteiger partial charge in [-0.2, -0.15) is 0 Å². The second-order valence-corrected chi connectivity index (χ2v) is 3.80. The zero-order valence-electron chi connectivity index (χ0n) is 8.76. The standard InChI is InChI=1S/C9H19NO5/c1-2-3-10-4-6-7(12)8(13)9(14,5-11)15-6/h6-8,10-14H,2-5H2,1H3/t6-,7+,8-,9+/m1/s1. The van der Waals surface area contributed by atoms with Crippen LogP contribution in [0.3, 0.4) is 0 Å². The molecule has 1 aliphatic rings. The highest BCUT2D eigenvalue weighted by molar-refractivity contribution is 4.95. The lowest BCUT2D eigenvalue weighted by Gasteiger charge is -2.22. The van der Waals surface area contributed by atoms with Gasteiger partial charge in [0.2, 0.25) is 5.79 Å². The number of hydrogen-bond donors (Lipinski definition) is 5. The van der Waals surface area contributed by atoms with Gasteiger partial charge in [-0.05, 0) is 13.0 Å². The molecule has 0 spiro atoms. The van der Waals surface area contributed by atoms with Gasteiger partial charge < -0.3 is 30.5 Å². The Morgan fingerprint density at radius 2 is 2.07 bits per heavy atom. The van der Waals surface area contributed by atoms with E-state index in [0.29, 0.717) is 6.54 Å². The molecule has 0 bridgehead atoms. The van der Waals surface area contributed by atoms with Gasteiger partial charge in [0.25, 0.3) is 0 Å². The van der Waals surface area contributed by atoms with E-state index in [1.807, 2.05) is 6.92 Å². The maximum absolute atomic E-state index is 9.56. The van der Waals surface area contributed by atoms with Crippen molar-refractivity contribution in [2.45, 2.75) is 37.4 Å². The molecule has 1 saturated heterocycles. The van der Waals surface area contributed by atoms with Crippen LogP contribution in [0.1, 0.15) is 13.3 Å². The molecule has 15 heavy (non-hydrogen) atoms. The Morgan fingerprint density at radius 3 is 2.53 bits per heavy atom. The predicted octanol–water partition coefficient (Wildman–Crippen LogP) is -2.21. The number of aliphatic hydroxyl groups is 4. The molecule has 0 radical (unpaired) electrons. The average Bonchev–Trinajstić information content (AvgIpc) is 2.45. The van der Waals surface area contributed by atoms with Crippen LogP contribution in [0, 0.1) is 0 Å². The van der Waals surface area contributed by atoms with E-state index in [0.717, 1.165) is 13.0 Å². The largest absolute Gasteiger partial charge is 0.391 e. The van der Waals surface area contributed by atoms with Gasteiger partial charge >= 0.3 is 0 Å². The van der Waals surface area contributed by atoms with Crippen LogP contribution in [0.2, 0.25) is 0 Å². The molecule has 0 aromatic carbocycles. The van der Waals surface area contributed by atoms with Crippen LogP contribution < -0.4 is 5.32 Å². The molecule has 6 heteroatoms. The van der Waals surface area contributed by atoms with Crippen molar-refractivity contribution in [3.8, 4) is 0 Å². The molecule has 0 aromatic rings. The maximum Gasteiger partial charge on any atom is 0.219 e. The molecule has 1 fully saturated rings. The summed E-state index contributed by atoms with van der Waals surface area (Å²) in [6.45, 7) is 2.35. The minimum absolute atomic E-state index is 0.328. The molecule has 0 amide bonds. The number of nitrogens with one attached hydrogen (secondary N) is 1. The van der Waals surface area contributed by atoms with Crippen molar-refractivity contribution in [3.63, 3.8) is 0 Å². The van der Waals surface area contributed by atoms with Crippen LogP contribution in [-0.4, -0.2) is 64.2 Å². The third-order valence-electron chi connectivity index (χ3n) is 2.52. The van der Waals surface area contributed by atoms with Crippen LogP contribution in [0.15, 0.2) is 0 Å². The highest BCUT2D eigenvalue weighted by Crippen LogP contribution is 2.28. The molecule has 5 N–H and O–H groups in total. The molecule has 1 aliphatic heterocycles. The Labute approximate surface area is 88.5 Å². The second kappa shape index (κ2) is 5.20. The topological polar surface area (TPSA) is 102 Å². The molecule has 0 aliphatic carbocycles. The smallest absolute Gasteiger partial charge is 0.219 e. The number of hydrogen-bond acceptors (Lipinski definition) is 6. The summed E-state index contributed by atoms with van der Waals surface area (Å²) in [5.74, 6) is -2.04. The third kappa shape index (κ3) is 2.66. The summed E-state index contributed by atoms with van der Waals surface area (Å²) in [5, 5.41) is 40.4. The van der Waals surface area contributed by atoms with Crippen molar-refractivity contribution < 1.29 is 25.2 Å². The molecular weight excluding hydrogens is 202 g/mol. The van der Waals surface area contributed by atoms with Gasteiger partial charge in [-0.25, -0.2) is 0 Å². The minimum atomic E-state index is -2.04. The van der Waals surface area contributed by atoms with Gasteiger partial charge in [0.15, 0.2) is 0 Å². The van der Waals surface area contributed by atoms with Crippen molar-refractivity contribution >= 4 is 0 Å². The van der Waals surface area contributed by atoms with Crippen LogP contribution >= 0.6 is 0 Å². The number of ether oxygens (including phenoxy) is 1. The Balaban J connectivity index is 2.48. The first-order valence-corrected chi connectivity index (χ1v) is 5.13. The predicted molar refractivity (Wildman–Crippen MR) is 52.1 cm³/mol. The fourth-order valence-electron chi connectivity index (χ4n) is 1.59. The maximum atomic E-state index is 9.56. The normalized spacial score (nSPS) is 41.0. The van der Waals surface area contributed by atoms with Crippen molar-refractivity contribution in [2.75, 3.05) is 19.7 Å². The summed E-state index contributed by atoms with van der Waals surface area (Å²) in [6.07, 6.45) is -2.43. The highest BCUT2D eigenvalue weighted by atomic mass is 16.7. The van der Waals surface area contributed by atoms with Gasteiger partial charge in [-0.3, -0.25) is 0 Å². The van der Waals surface area contributed by atoms with Gasteiger partial charge in [0, 0.05) is 6.54 Å². The zero-order chi connectivity index (χ0) is 11.5. The highest BCUT2D eigenvalue weighted by Gasteiger charge is 2.52. The summed E-state index contributed by atoms with van der Waals surface area (Å²) >= 11 is 0. The van der Waals surface area contributed by atoms with E-state index < -0.39 is 30.7 Å². The Kier molecular flexibility index (Phi) is 4.45. The average molecular weight is 221 g/mol. The molecule has 1 rings (SSSR count). The van der Waals surface area contributed by atoms with Gasteiger partial charge in [-0.1, -0.05) is 6.92 Å². The van der Waals surface area contributed by atoms with Gasteiger partial charge in [0.05, 0.1) is 6.61 Å². The van der Waals surface area contributed by atoms with E-state index in [2.05, 4.69) is 5.32 Å².